The number of para-hydroxylation sites is 1. The van der Waals surface area contributed by atoms with Gasteiger partial charge in [0.25, 0.3) is 5.91 Å². The van der Waals surface area contributed by atoms with Gasteiger partial charge in [-0.25, -0.2) is 4.39 Å². The summed E-state index contributed by atoms with van der Waals surface area (Å²) in [6.07, 6.45) is -0.387. The van der Waals surface area contributed by atoms with Gasteiger partial charge in [0.1, 0.15) is 5.82 Å². The van der Waals surface area contributed by atoms with Gasteiger partial charge in [-0.1, -0.05) is 66.2 Å². The highest BCUT2D eigenvalue weighted by atomic mass is 35.5. The summed E-state index contributed by atoms with van der Waals surface area (Å²) < 4.78 is 15.2. The van der Waals surface area contributed by atoms with Gasteiger partial charge in [0.05, 0.1) is 23.2 Å². The minimum Gasteiger partial charge on any atom is -0.493 e. The third kappa shape index (κ3) is 4.92. The van der Waals surface area contributed by atoms with Crippen LogP contribution in [0.1, 0.15) is 28.5 Å². The molecule has 1 amide bonds. The summed E-state index contributed by atoms with van der Waals surface area (Å²) >= 11 is 6.15. The van der Waals surface area contributed by atoms with Crippen LogP contribution in [0.3, 0.4) is 0 Å². The Morgan fingerprint density at radius 2 is 1.71 bits per heavy atom. The number of carboxylic acid groups (broad SMARTS) is 1. The third-order valence-corrected chi connectivity index (χ3v) is 5.51. The highest BCUT2D eigenvalue weighted by molar-refractivity contribution is 6.32. The maximum atomic E-state index is 14.1. The Labute approximate surface area is 199 Å². The van der Waals surface area contributed by atoms with E-state index in [1.807, 2.05) is 0 Å². The van der Waals surface area contributed by atoms with Crippen LogP contribution in [-0.2, 0) is 4.79 Å². The van der Waals surface area contributed by atoms with Crippen molar-refractivity contribution in [3.63, 3.8) is 0 Å². The molecule has 0 saturated heterocycles. The Balaban J connectivity index is 1.58. The van der Waals surface area contributed by atoms with Gasteiger partial charge in [-0.2, -0.15) is 9.78 Å². The van der Waals surface area contributed by atoms with Crippen molar-refractivity contribution in [1.82, 2.24) is 15.1 Å². The van der Waals surface area contributed by atoms with E-state index in [4.69, 9.17) is 11.6 Å². The van der Waals surface area contributed by atoms with Crippen molar-refractivity contribution in [1.29, 1.82) is 0 Å². The van der Waals surface area contributed by atoms with Crippen molar-refractivity contribution in [2.75, 3.05) is 0 Å². The molecule has 7 nitrogen and oxygen atoms in total. The standard InChI is InChI=1S/C25H19ClFN3O4/c26-18-6-2-4-8-22(18)30-23(31)13-21(29-30)25(34)28-20(14-24(32)33)16-11-9-15(10-12-16)17-5-1-3-7-19(17)27/h1-13,20,31H,14H2,(H,28,34)(H,32,33). The number of carboxylic acids is 1. The van der Waals surface area contributed by atoms with E-state index in [-0.39, 0.29) is 23.8 Å². The average molecular weight is 480 g/mol. The number of hydrogen-bond acceptors (Lipinski definition) is 4. The fourth-order valence-corrected chi connectivity index (χ4v) is 3.75. The van der Waals surface area contributed by atoms with Gasteiger partial charge in [0.2, 0.25) is 5.88 Å². The Hall–Kier alpha value is -4.17. The van der Waals surface area contributed by atoms with Crippen LogP contribution in [0.5, 0.6) is 5.88 Å². The number of nitrogens with zero attached hydrogens (tertiary/aromatic N) is 2. The molecule has 1 atom stereocenters. The smallest absolute Gasteiger partial charge is 0.305 e. The summed E-state index contributed by atoms with van der Waals surface area (Å²) in [7, 11) is 0. The zero-order valence-electron chi connectivity index (χ0n) is 17.7. The monoisotopic (exact) mass is 479 g/mol. The van der Waals surface area contributed by atoms with Crippen LogP contribution in [0.25, 0.3) is 16.8 Å². The van der Waals surface area contributed by atoms with Crippen LogP contribution in [0.4, 0.5) is 4.39 Å². The first kappa shape index (κ1) is 23.0. The van der Waals surface area contributed by atoms with E-state index in [0.717, 1.165) is 10.7 Å². The molecule has 3 N–H and O–H groups in total. The van der Waals surface area contributed by atoms with Gasteiger partial charge in [0.15, 0.2) is 5.69 Å². The Morgan fingerprint density at radius 3 is 2.38 bits per heavy atom. The lowest BCUT2D eigenvalue weighted by atomic mass is 9.98. The molecule has 172 valence electrons. The molecule has 3 aromatic carbocycles. The molecule has 4 rings (SSSR count). The Morgan fingerprint density at radius 1 is 1.03 bits per heavy atom. The van der Waals surface area contributed by atoms with Crippen molar-refractivity contribution in [2.45, 2.75) is 12.5 Å². The van der Waals surface area contributed by atoms with E-state index in [1.54, 1.807) is 66.7 Å². The number of carbonyl (C=O) groups is 2. The van der Waals surface area contributed by atoms with Crippen LogP contribution in [-0.4, -0.2) is 31.9 Å². The number of carbonyl (C=O) groups excluding carboxylic acids is 1. The van der Waals surface area contributed by atoms with Gasteiger partial charge < -0.3 is 15.5 Å². The summed E-state index contributed by atoms with van der Waals surface area (Å²) in [6.45, 7) is 0. The molecule has 1 aromatic heterocycles. The van der Waals surface area contributed by atoms with Crippen LogP contribution in [0.2, 0.25) is 5.02 Å². The quantitative estimate of drug-likeness (QED) is 0.346. The molecule has 0 aliphatic carbocycles. The lowest BCUT2D eigenvalue weighted by molar-refractivity contribution is -0.137. The number of amides is 1. The lowest BCUT2D eigenvalue weighted by Gasteiger charge is -2.17. The molecule has 1 heterocycles. The predicted octanol–water partition coefficient (Wildman–Crippen LogP) is 4.98. The summed E-state index contributed by atoms with van der Waals surface area (Å²) in [5.74, 6) is -2.47. The number of benzene rings is 3. The van der Waals surface area contributed by atoms with Gasteiger partial charge in [-0.05, 0) is 29.3 Å². The summed E-state index contributed by atoms with van der Waals surface area (Å²) in [5, 5.41) is 26.7. The van der Waals surface area contributed by atoms with E-state index in [9.17, 15) is 24.2 Å². The molecule has 0 spiro atoms. The zero-order valence-corrected chi connectivity index (χ0v) is 18.4. The largest absolute Gasteiger partial charge is 0.493 e. The molecule has 0 aliphatic heterocycles. The van der Waals surface area contributed by atoms with E-state index in [2.05, 4.69) is 10.4 Å². The fraction of sp³-hybridized carbons (Fsp3) is 0.0800. The summed E-state index contributed by atoms with van der Waals surface area (Å²) in [4.78, 5) is 24.3. The molecule has 4 aromatic rings. The van der Waals surface area contributed by atoms with E-state index in [0.29, 0.717) is 27.4 Å². The Kier molecular flexibility index (Phi) is 6.60. The molecular formula is C25H19ClFN3O4. The molecule has 9 heteroatoms. The lowest BCUT2D eigenvalue weighted by Crippen LogP contribution is -2.30. The topological polar surface area (TPSA) is 104 Å². The summed E-state index contributed by atoms with van der Waals surface area (Å²) in [5.41, 5.74) is 1.81. The third-order valence-electron chi connectivity index (χ3n) is 5.19. The van der Waals surface area contributed by atoms with Gasteiger partial charge in [-0.3, -0.25) is 9.59 Å². The van der Waals surface area contributed by atoms with E-state index < -0.39 is 17.9 Å². The second kappa shape index (κ2) is 9.76. The average Bonchev–Trinajstić information content (AvgIpc) is 3.20. The first-order valence-corrected chi connectivity index (χ1v) is 10.6. The van der Waals surface area contributed by atoms with Crippen molar-refractivity contribution < 1.29 is 24.2 Å². The minimum absolute atomic E-state index is 0.115. The molecule has 0 bridgehead atoms. The number of aliphatic carboxylic acids is 1. The molecule has 0 radical (unpaired) electrons. The van der Waals surface area contributed by atoms with Crippen molar-refractivity contribution in [3.05, 3.63) is 101 Å². The molecule has 0 saturated carbocycles. The predicted molar refractivity (Wildman–Crippen MR) is 125 cm³/mol. The van der Waals surface area contributed by atoms with E-state index >= 15 is 0 Å². The van der Waals surface area contributed by atoms with Crippen molar-refractivity contribution in [3.8, 4) is 22.7 Å². The van der Waals surface area contributed by atoms with Gasteiger partial charge in [-0.15, -0.1) is 0 Å². The molecular weight excluding hydrogens is 461 g/mol. The first-order chi connectivity index (χ1) is 16.3. The number of nitrogens with one attached hydrogen (secondary N) is 1. The van der Waals surface area contributed by atoms with Crippen molar-refractivity contribution >= 4 is 23.5 Å². The first-order valence-electron chi connectivity index (χ1n) is 10.2. The SMILES string of the molecule is O=C(O)CC(NC(=O)c1cc(O)n(-c2ccccc2Cl)n1)c1ccc(-c2ccccc2F)cc1. The van der Waals surface area contributed by atoms with Crippen LogP contribution in [0, 0.1) is 5.82 Å². The van der Waals surface area contributed by atoms with Crippen LogP contribution >= 0.6 is 11.6 Å². The van der Waals surface area contributed by atoms with Crippen LogP contribution in [0.15, 0.2) is 78.9 Å². The second-order valence-corrected chi connectivity index (χ2v) is 7.88. The van der Waals surface area contributed by atoms with Gasteiger partial charge >= 0.3 is 5.97 Å². The number of halogens is 2. The van der Waals surface area contributed by atoms with Gasteiger partial charge in [0, 0.05) is 11.6 Å². The molecule has 34 heavy (non-hydrogen) atoms. The van der Waals surface area contributed by atoms with E-state index in [1.165, 1.54) is 6.07 Å². The molecule has 0 aliphatic rings. The normalized spacial score (nSPS) is 11.7. The maximum Gasteiger partial charge on any atom is 0.305 e. The number of aromatic hydroxyl groups is 1. The highest BCUT2D eigenvalue weighted by Crippen LogP contribution is 2.27. The summed E-state index contributed by atoms with van der Waals surface area (Å²) in [6, 6.07) is 19.8. The Bertz CT molecular complexity index is 1350. The minimum atomic E-state index is -1.12. The van der Waals surface area contributed by atoms with Crippen LogP contribution < -0.4 is 5.32 Å². The molecule has 0 fully saturated rings. The second-order valence-electron chi connectivity index (χ2n) is 7.48. The number of aromatic nitrogens is 2. The highest BCUT2D eigenvalue weighted by Gasteiger charge is 2.22. The number of rotatable bonds is 7. The number of hydrogen-bond donors (Lipinski definition) is 3. The zero-order chi connectivity index (χ0) is 24.2. The maximum absolute atomic E-state index is 14.1. The van der Waals surface area contributed by atoms with Crippen molar-refractivity contribution in [2.24, 2.45) is 0 Å². The fourth-order valence-electron chi connectivity index (χ4n) is 3.53. The molecule has 1 unspecified atom stereocenters.